The summed E-state index contributed by atoms with van der Waals surface area (Å²) in [6, 6.07) is 4.61. The molecule has 3 N–H and O–H groups in total. The molecule has 0 aromatic heterocycles. The van der Waals surface area contributed by atoms with E-state index in [1.807, 2.05) is 5.32 Å². The molecule has 0 aliphatic carbocycles. The van der Waals surface area contributed by atoms with Crippen LogP contribution in [0.3, 0.4) is 0 Å². The molecule has 9 heteroatoms. The average molecular weight is 398 g/mol. The van der Waals surface area contributed by atoms with Gasteiger partial charge in [-0.05, 0) is 31.9 Å². The second kappa shape index (κ2) is 10.5. The van der Waals surface area contributed by atoms with Crippen molar-refractivity contribution < 1.29 is 23.9 Å². The lowest BCUT2D eigenvalue weighted by Crippen LogP contribution is -2.47. The third kappa shape index (κ3) is 7.65. The first-order valence-corrected chi connectivity index (χ1v) is 8.82. The van der Waals surface area contributed by atoms with Crippen molar-refractivity contribution in [3.63, 3.8) is 0 Å². The number of hydrogen-bond acceptors (Lipinski definition) is 5. The molecule has 8 nitrogen and oxygen atoms in total. The fourth-order valence-corrected chi connectivity index (χ4v) is 2.27. The summed E-state index contributed by atoms with van der Waals surface area (Å²) in [7, 11) is 0. The maximum atomic E-state index is 12.3. The van der Waals surface area contributed by atoms with Crippen LogP contribution in [0.2, 0.25) is 5.02 Å². The van der Waals surface area contributed by atoms with Crippen molar-refractivity contribution in [3.8, 4) is 0 Å². The summed E-state index contributed by atoms with van der Waals surface area (Å²) in [6.07, 6.45) is 0. The molecule has 0 aliphatic rings. The first-order chi connectivity index (χ1) is 12.6. The Hall–Kier alpha value is -2.61. The van der Waals surface area contributed by atoms with Gasteiger partial charge in [-0.3, -0.25) is 14.9 Å². The Morgan fingerprint density at radius 2 is 1.67 bits per heavy atom. The predicted molar refractivity (Wildman–Crippen MR) is 100 cm³/mol. The molecule has 27 heavy (non-hydrogen) atoms. The number of carbonyl (C=O) groups excluding carboxylic acids is 4. The van der Waals surface area contributed by atoms with Crippen molar-refractivity contribution in [2.45, 2.75) is 39.8 Å². The smallest absolute Gasteiger partial charge is 0.329 e. The molecule has 0 spiro atoms. The molecule has 0 heterocycles. The quantitative estimate of drug-likeness (QED) is 0.608. The van der Waals surface area contributed by atoms with Crippen molar-refractivity contribution in [1.82, 2.24) is 16.0 Å². The van der Waals surface area contributed by atoms with Crippen molar-refractivity contribution in [2.24, 2.45) is 5.92 Å². The zero-order valence-corrected chi connectivity index (χ0v) is 16.4. The highest BCUT2D eigenvalue weighted by Crippen LogP contribution is 2.15. The molecular formula is C18H24ClN3O5. The van der Waals surface area contributed by atoms with Gasteiger partial charge in [-0.25, -0.2) is 9.59 Å². The average Bonchev–Trinajstić information content (AvgIpc) is 2.56. The molecule has 0 saturated heterocycles. The van der Waals surface area contributed by atoms with Gasteiger partial charge in [-0.1, -0.05) is 37.6 Å². The van der Waals surface area contributed by atoms with Crippen LogP contribution in [0.15, 0.2) is 24.3 Å². The van der Waals surface area contributed by atoms with E-state index in [1.54, 1.807) is 45.9 Å². The van der Waals surface area contributed by atoms with Crippen molar-refractivity contribution in [2.75, 3.05) is 6.61 Å². The second-order valence-electron chi connectivity index (χ2n) is 6.46. The number of urea groups is 1. The summed E-state index contributed by atoms with van der Waals surface area (Å²) in [6.45, 7) is 6.26. The minimum absolute atomic E-state index is 0.148. The van der Waals surface area contributed by atoms with Crippen LogP contribution in [0.5, 0.6) is 0 Å². The number of rotatable bonds is 7. The summed E-state index contributed by atoms with van der Waals surface area (Å²) in [4.78, 5) is 47.7. The molecule has 0 aliphatic heterocycles. The molecule has 1 rings (SSSR count). The minimum Gasteiger partial charge on any atom is -0.454 e. The molecule has 1 aromatic carbocycles. The number of imide groups is 1. The predicted octanol–water partition coefficient (Wildman–Crippen LogP) is 1.87. The van der Waals surface area contributed by atoms with Gasteiger partial charge in [-0.15, -0.1) is 0 Å². The number of carbonyl (C=O) groups is 4. The zero-order chi connectivity index (χ0) is 20.6. The van der Waals surface area contributed by atoms with E-state index in [0.717, 1.165) is 0 Å². The van der Waals surface area contributed by atoms with Crippen LogP contribution in [-0.2, 0) is 14.3 Å². The lowest BCUT2D eigenvalue weighted by molar-refractivity contribution is -0.151. The van der Waals surface area contributed by atoms with Gasteiger partial charge in [0.1, 0.15) is 6.04 Å². The number of amides is 4. The summed E-state index contributed by atoms with van der Waals surface area (Å²) in [5, 5.41) is 7.32. The van der Waals surface area contributed by atoms with E-state index in [2.05, 4.69) is 10.6 Å². The van der Waals surface area contributed by atoms with Gasteiger partial charge < -0.3 is 15.4 Å². The molecule has 0 saturated carbocycles. The lowest BCUT2D eigenvalue weighted by Gasteiger charge is -2.21. The largest absolute Gasteiger partial charge is 0.454 e. The highest BCUT2D eigenvalue weighted by molar-refractivity contribution is 6.33. The van der Waals surface area contributed by atoms with Crippen molar-refractivity contribution >= 4 is 35.4 Å². The lowest BCUT2D eigenvalue weighted by atomic mass is 10.0. The highest BCUT2D eigenvalue weighted by Gasteiger charge is 2.27. The maximum Gasteiger partial charge on any atom is 0.329 e. The molecule has 0 fully saturated rings. The van der Waals surface area contributed by atoms with Crippen LogP contribution in [0, 0.1) is 5.92 Å². The number of halogens is 1. The molecule has 4 amide bonds. The van der Waals surface area contributed by atoms with Gasteiger partial charge in [0.25, 0.3) is 11.8 Å². The van der Waals surface area contributed by atoms with Gasteiger partial charge in [0, 0.05) is 6.04 Å². The SMILES string of the molecule is CC(C)NC(=O)NC(=O)COC(=O)[C@H](NC(=O)c1ccccc1Cl)C(C)C. The summed E-state index contributed by atoms with van der Waals surface area (Å²) >= 11 is 5.98. The molecule has 0 bridgehead atoms. The van der Waals surface area contributed by atoms with E-state index in [0.29, 0.717) is 0 Å². The Labute approximate surface area is 163 Å². The second-order valence-corrected chi connectivity index (χ2v) is 6.87. The normalized spacial score (nSPS) is 11.7. The summed E-state index contributed by atoms with van der Waals surface area (Å²) in [5.74, 6) is -2.39. The van der Waals surface area contributed by atoms with Crippen LogP contribution in [0.4, 0.5) is 4.79 Å². The topological polar surface area (TPSA) is 114 Å². The standard InChI is InChI=1S/C18H24ClN3O5/c1-10(2)15(22-16(24)12-7-5-6-8-13(12)19)17(25)27-9-14(23)21-18(26)20-11(3)4/h5-8,10-11,15H,9H2,1-4H3,(H,22,24)(H2,20,21,23,26)/t15-/m1/s1. The Balaban J connectivity index is 2.63. The van der Waals surface area contributed by atoms with Gasteiger partial charge in [0.15, 0.2) is 6.61 Å². The van der Waals surface area contributed by atoms with Crippen LogP contribution in [0.1, 0.15) is 38.1 Å². The van der Waals surface area contributed by atoms with E-state index < -0.39 is 36.5 Å². The van der Waals surface area contributed by atoms with Crippen molar-refractivity contribution in [3.05, 3.63) is 34.9 Å². The number of nitrogens with one attached hydrogen (secondary N) is 3. The zero-order valence-electron chi connectivity index (χ0n) is 15.7. The third-order valence-electron chi connectivity index (χ3n) is 3.34. The fourth-order valence-electron chi connectivity index (χ4n) is 2.05. The van der Waals surface area contributed by atoms with Crippen LogP contribution in [0.25, 0.3) is 0 Å². The van der Waals surface area contributed by atoms with E-state index >= 15 is 0 Å². The molecule has 0 radical (unpaired) electrons. The molecule has 1 atom stereocenters. The van der Waals surface area contributed by atoms with Crippen molar-refractivity contribution in [1.29, 1.82) is 0 Å². The monoisotopic (exact) mass is 397 g/mol. The first kappa shape index (κ1) is 22.4. The Morgan fingerprint density at radius 3 is 2.22 bits per heavy atom. The van der Waals surface area contributed by atoms with E-state index in [-0.39, 0.29) is 22.5 Å². The number of benzene rings is 1. The van der Waals surface area contributed by atoms with Crippen LogP contribution >= 0.6 is 11.6 Å². The Bertz CT molecular complexity index is 706. The number of ether oxygens (including phenoxy) is 1. The number of esters is 1. The molecule has 1 aromatic rings. The van der Waals surface area contributed by atoms with E-state index in [4.69, 9.17) is 16.3 Å². The third-order valence-corrected chi connectivity index (χ3v) is 3.67. The van der Waals surface area contributed by atoms with Gasteiger partial charge in [0.2, 0.25) is 0 Å². The molecular weight excluding hydrogens is 374 g/mol. The summed E-state index contributed by atoms with van der Waals surface area (Å²) in [5.41, 5.74) is 0.223. The van der Waals surface area contributed by atoms with Crippen LogP contribution < -0.4 is 16.0 Å². The van der Waals surface area contributed by atoms with E-state index in [1.165, 1.54) is 6.07 Å². The highest BCUT2D eigenvalue weighted by atomic mass is 35.5. The Morgan fingerprint density at radius 1 is 1.04 bits per heavy atom. The maximum absolute atomic E-state index is 12.3. The molecule has 148 valence electrons. The molecule has 0 unspecified atom stereocenters. The fraction of sp³-hybridized carbons (Fsp3) is 0.444. The summed E-state index contributed by atoms with van der Waals surface area (Å²) < 4.78 is 4.92. The number of hydrogen-bond donors (Lipinski definition) is 3. The van der Waals surface area contributed by atoms with Gasteiger partial charge in [-0.2, -0.15) is 0 Å². The van der Waals surface area contributed by atoms with Gasteiger partial charge >= 0.3 is 12.0 Å². The van der Waals surface area contributed by atoms with E-state index in [9.17, 15) is 19.2 Å². The van der Waals surface area contributed by atoms with Gasteiger partial charge in [0.05, 0.1) is 10.6 Å². The Kier molecular flexibility index (Phi) is 8.74. The van der Waals surface area contributed by atoms with Crippen LogP contribution in [-0.4, -0.2) is 42.5 Å². The minimum atomic E-state index is -0.980. The first-order valence-electron chi connectivity index (χ1n) is 8.44.